The van der Waals surface area contributed by atoms with Gasteiger partial charge < -0.3 is 24.8 Å². The van der Waals surface area contributed by atoms with E-state index in [2.05, 4.69) is 5.10 Å². The van der Waals surface area contributed by atoms with Crippen molar-refractivity contribution in [1.29, 1.82) is 0 Å². The number of methoxy groups -OCH3 is 1. The molecule has 2 atom stereocenters. The van der Waals surface area contributed by atoms with E-state index < -0.39 is 12.0 Å². The Balaban J connectivity index is 1.26. The van der Waals surface area contributed by atoms with Crippen molar-refractivity contribution in [3.63, 3.8) is 0 Å². The van der Waals surface area contributed by atoms with Crippen LogP contribution in [0.15, 0.2) is 48.7 Å². The standard InChI is InChI=1S/C28H31ClN4O5/c1-16(2)25(30)28(35)38-24(17-4-5-17)15-37-22-11-10-21(12-23(22)36-3)32-13-18-14-33(31-26(18)27(32)34)20-8-6-19(29)7-9-20/h6-12,14,16-17,24-25H,4-5,13,15,30H2,1-3H3/t24-,25?/m0/s1. The van der Waals surface area contributed by atoms with Crippen LogP contribution in [0.2, 0.25) is 5.02 Å². The molecule has 3 aromatic rings. The first kappa shape index (κ1) is 26.1. The molecule has 1 unspecified atom stereocenters. The number of nitrogens with zero attached hydrogens (tertiary/aromatic N) is 3. The summed E-state index contributed by atoms with van der Waals surface area (Å²) in [6, 6.07) is 11.9. The maximum atomic E-state index is 13.2. The minimum Gasteiger partial charge on any atom is -0.493 e. The lowest BCUT2D eigenvalue weighted by Crippen LogP contribution is -2.40. The van der Waals surface area contributed by atoms with Gasteiger partial charge in [-0.25, -0.2) is 4.68 Å². The largest absolute Gasteiger partial charge is 0.493 e. The Morgan fingerprint density at radius 2 is 1.84 bits per heavy atom. The van der Waals surface area contributed by atoms with Crippen LogP contribution >= 0.6 is 11.6 Å². The number of hydrogen-bond acceptors (Lipinski definition) is 7. The lowest BCUT2D eigenvalue weighted by Gasteiger charge is -2.23. The fourth-order valence-corrected chi connectivity index (χ4v) is 4.49. The number of halogens is 1. The Morgan fingerprint density at radius 3 is 2.47 bits per heavy atom. The number of benzene rings is 2. The average Bonchev–Trinajstić information content (AvgIpc) is 3.60. The summed E-state index contributed by atoms with van der Waals surface area (Å²) in [7, 11) is 1.54. The molecule has 2 heterocycles. The summed E-state index contributed by atoms with van der Waals surface area (Å²) in [6.07, 6.45) is 3.46. The number of anilines is 1. The predicted molar refractivity (Wildman–Crippen MR) is 143 cm³/mol. The van der Waals surface area contributed by atoms with Crippen LogP contribution in [0, 0.1) is 11.8 Å². The van der Waals surface area contributed by atoms with Crippen molar-refractivity contribution in [3.8, 4) is 17.2 Å². The zero-order valence-electron chi connectivity index (χ0n) is 21.6. The van der Waals surface area contributed by atoms with Gasteiger partial charge in [-0.3, -0.25) is 9.59 Å². The fraction of sp³-hybridized carbons (Fsp3) is 0.393. The van der Waals surface area contributed by atoms with Gasteiger partial charge in [0.1, 0.15) is 18.8 Å². The molecule has 2 aromatic carbocycles. The summed E-state index contributed by atoms with van der Waals surface area (Å²) in [5, 5.41) is 5.14. The Morgan fingerprint density at radius 1 is 1.13 bits per heavy atom. The SMILES string of the molecule is COc1cc(N2Cc3cn(-c4ccc(Cl)cc4)nc3C2=O)ccc1OC[C@H](OC(=O)C(N)C(C)C)C1CC1. The number of hydrogen-bond donors (Lipinski definition) is 1. The van der Waals surface area contributed by atoms with E-state index in [-0.39, 0.29) is 30.5 Å². The minimum absolute atomic E-state index is 0.00836. The normalized spacial score (nSPS) is 16.4. The quantitative estimate of drug-likeness (QED) is 0.381. The Bertz CT molecular complexity index is 1340. The van der Waals surface area contributed by atoms with Crippen LogP contribution < -0.4 is 20.1 Å². The van der Waals surface area contributed by atoms with Gasteiger partial charge in [0.25, 0.3) is 5.91 Å². The van der Waals surface area contributed by atoms with Gasteiger partial charge in [0, 0.05) is 28.5 Å². The second-order valence-electron chi connectivity index (χ2n) is 10.0. The van der Waals surface area contributed by atoms with Gasteiger partial charge in [-0.1, -0.05) is 25.4 Å². The van der Waals surface area contributed by atoms with E-state index in [0.717, 1.165) is 24.1 Å². The topological polar surface area (TPSA) is 109 Å². The fourth-order valence-electron chi connectivity index (χ4n) is 4.36. The molecule has 1 aliphatic heterocycles. The molecular weight excluding hydrogens is 508 g/mol. The summed E-state index contributed by atoms with van der Waals surface area (Å²) in [5.74, 6) is 0.644. The summed E-state index contributed by atoms with van der Waals surface area (Å²) in [5.41, 5.74) is 8.70. The van der Waals surface area contributed by atoms with Gasteiger partial charge in [0.05, 0.1) is 19.3 Å². The molecule has 0 spiro atoms. The van der Waals surface area contributed by atoms with Crippen LogP contribution in [0.5, 0.6) is 11.5 Å². The number of rotatable bonds is 10. The van der Waals surface area contributed by atoms with Crippen molar-refractivity contribution < 1.29 is 23.8 Å². The van der Waals surface area contributed by atoms with Crippen molar-refractivity contribution in [2.75, 3.05) is 18.6 Å². The molecule has 1 amide bonds. The molecule has 10 heteroatoms. The van der Waals surface area contributed by atoms with E-state index in [1.807, 2.05) is 38.2 Å². The summed E-state index contributed by atoms with van der Waals surface area (Å²) in [6.45, 7) is 4.36. The molecule has 1 aliphatic carbocycles. The molecule has 1 aromatic heterocycles. The first-order valence-electron chi connectivity index (χ1n) is 12.7. The number of fused-ring (bicyclic) bond motifs is 1. The molecule has 2 aliphatic rings. The highest BCUT2D eigenvalue weighted by atomic mass is 35.5. The summed E-state index contributed by atoms with van der Waals surface area (Å²) >= 11 is 5.98. The van der Waals surface area contributed by atoms with Crippen LogP contribution in [0.4, 0.5) is 5.69 Å². The van der Waals surface area contributed by atoms with E-state index >= 15 is 0 Å². The highest BCUT2D eigenvalue weighted by Gasteiger charge is 2.37. The van der Waals surface area contributed by atoms with E-state index in [1.54, 1.807) is 41.0 Å². The van der Waals surface area contributed by atoms with Gasteiger partial charge in [0.15, 0.2) is 17.2 Å². The molecule has 0 bridgehead atoms. The van der Waals surface area contributed by atoms with E-state index in [9.17, 15) is 9.59 Å². The third-order valence-electron chi connectivity index (χ3n) is 6.93. The molecule has 9 nitrogen and oxygen atoms in total. The highest BCUT2D eigenvalue weighted by Crippen LogP contribution is 2.38. The number of nitrogens with two attached hydrogens (primary N) is 1. The van der Waals surface area contributed by atoms with Crippen LogP contribution in [0.3, 0.4) is 0 Å². The zero-order valence-corrected chi connectivity index (χ0v) is 22.4. The molecule has 1 saturated carbocycles. The van der Waals surface area contributed by atoms with Crippen LogP contribution in [0.1, 0.15) is 42.7 Å². The van der Waals surface area contributed by atoms with Crippen molar-refractivity contribution in [2.45, 2.75) is 45.4 Å². The second-order valence-corrected chi connectivity index (χ2v) is 10.5. The molecule has 38 heavy (non-hydrogen) atoms. The third kappa shape index (κ3) is 5.35. The number of esters is 1. The monoisotopic (exact) mass is 538 g/mol. The smallest absolute Gasteiger partial charge is 0.323 e. The number of amides is 1. The first-order chi connectivity index (χ1) is 18.2. The third-order valence-corrected chi connectivity index (χ3v) is 7.18. The Labute approximate surface area is 226 Å². The van der Waals surface area contributed by atoms with Gasteiger partial charge >= 0.3 is 5.97 Å². The second kappa shape index (κ2) is 10.7. The number of ether oxygens (including phenoxy) is 3. The molecule has 0 radical (unpaired) electrons. The van der Waals surface area contributed by atoms with Crippen LogP contribution in [-0.4, -0.2) is 47.5 Å². The van der Waals surface area contributed by atoms with E-state index in [0.29, 0.717) is 34.4 Å². The summed E-state index contributed by atoms with van der Waals surface area (Å²) in [4.78, 5) is 27.2. The van der Waals surface area contributed by atoms with Crippen molar-refractivity contribution in [1.82, 2.24) is 9.78 Å². The van der Waals surface area contributed by atoms with Crippen molar-refractivity contribution in [3.05, 3.63) is 64.9 Å². The first-order valence-corrected chi connectivity index (χ1v) is 13.1. The maximum absolute atomic E-state index is 13.2. The van der Waals surface area contributed by atoms with Crippen molar-refractivity contribution >= 4 is 29.2 Å². The van der Waals surface area contributed by atoms with Crippen LogP contribution in [-0.2, 0) is 16.1 Å². The highest BCUT2D eigenvalue weighted by molar-refractivity contribution is 6.30. The zero-order chi connectivity index (χ0) is 27.0. The molecular formula is C28H31ClN4O5. The molecule has 1 fully saturated rings. The van der Waals surface area contributed by atoms with Crippen molar-refractivity contribution in [2.24, 2.45) is 17.6 Å². The number of carbonyl (C=O) groups excluding carboxylic acids is 2. The summed E-state index contributed by atoms with van der Waals surface area (Å²) < 4.78 is 19.0. The lowest BCUT2D eigenvalue weighted by molar-refractivity contribution is -0.154. The van der Waals surface area contributed by atoms with E-state index in [4.69, 9.17) is 31.5 Å². The number of carbonyl (C=O) groups is 2. The molecule has 2 N–H and O–H groups in total. The molecule has 200 valence electrons. The average molecular weight is 539 g/mol. The van der Waals surface area contributed by atoms with Crippen LogP contribution in [0.25, 0.3) is 5.69 Å². The predicted octanol–water partition coefficient (Wildman–Crippen LogP) is 4.38. The molecule has 0 saturated heterocycles. The van der Waals surface area contributed by atoms with Gasteiger partial charge in [-0.05, 0) is 61.1 Å². The lowest BCUT2D eigenvalue weighted by atomic mass is 10.1. The minimum atomic E-state index is -0.666. The van der Waals surface area contributed by atoms with Gasteiger partial charge in [0.2, 0.25) is 0 Å². The van der Waals surface area contributed by atoms with E-state index in [1.165, 1.54) is 0 Å². The Hall–Kier alpha value is -3.56. The maximum Gasteiger partial charge on any atom is 0.323 e. The Kier molecular flexibility index (Phi) is 7.32. The van der Waals surface area contributed by atoms with Gasteiger partial charge in [-0.2, -0.15) is 5.10 Å². The van der Waals surface area contributed by atoms with Gasteiger partial charge in [-0.15, -0.1) is 0 Å². The molecule has 5 rings (SSSR count). The number of aromatic nitrogens is 2.